The van der Waals surface area contributed by atoms with Gasteiger partial charge in [-0.3, -0.25) is 4.79 Å². The van der Waals surface area contributed by atoms with Crippen molar-refractivity contribution in [3.63, 3.8) is 0 Å². The van der Waals surface area contributed by atoms with E-state index >= 15 is 0 Å². The summed E-state index contributed by atoms with van der Waals surface area (Å²) < 4.78 is 5.32. The molecule has 2 N–H and O–H groups in total. The predicted octanol–water partition coefficient (Wildman–Crippen LogP) is 1.57. The van der Waals surface area contributed by atoms with Crippen molar-refractivity contribution in [2.45, 2.75) is 46.6 Å². The van der Waals surface area contributed by atoms with Gasteiger partial charge in [-0.25, -0.2) is 0 Å². The lowest BCUT2D eigenvalue weighted by Crippen LogP contribution is -2.44. The van der Waals surface area contributed by atoms with Crippen LogP contribution in [0.25, 0.3) is 0 Å². The lowest BCUT2D eigenvalue weighted by molar-refractivity contribution is -0.126. The molecule has 0 bridgehead atoms. The summed E-state index contributed by atoms with van der Waals surface area (Å²) in [7, 11) is 0. The molecule has 0 aromatic heterocycles. The number of rotatable bonds is 8. The van der Waals surface area contributed by atoms with Crippen LogP contribution in [0.2, 0.25) is 0 Å². The highest BCUT2D eigenvalue weighted by atomic mass is 16.5. The fraction of sp³-hybridized carbons (Fsp3) is 0.929. The Morgan fingerprint density at radius 1 is 1.44 bits per heavy atom. The van der Waals surface area contributed by atoms with E-state index in [-0.39, 0.29) is 23.8 Å². The number of aliphatic hydroxyl groups is 1. The summed E-state index contributed by atoms with van der Waals surface area (Å²) in [5, 5.41) is 12.9. The molecule has 0 spiro atoms. The number of carbonyl (C=O) groups is 1. The van der Waals surface area contributed by atoms with Gasteiger partial charge in [-0.15, -0.1) is 0 Å². The number of ether oxygens (including phenoxy) is 1. The van der Waals surface area contributed by atoms with Gasteiger partial charge in [0, 0.05) is 12.0 Å². The molecule has 1 aliphatic carbocycles. The van der Waals surface area contributed by atoms with Crippen LogP contribution in [0.5, 0.6) is 0 Å². The molecule has 0 aromatic carbocycles. The zero-order valence-electron chi connectivity index (χ0n) is 12.0. The van der Waals surface area contributed by atoms with E-state index < -0.39 is 6.10 Å². The molecule has 1 fully saturated rings. The molecule has 0 aromatic rings. The SMILES string of the molecule is CC(C)C(O)C(C)(C)CNC(=O)COCC1CC1. The molecular formula is C14H27NO3. The van der Waals surface area contributed by atoms with Crippen LogP contribution < -0.4 is 5.32 Å². The summed E-state index contributed by atoms with van der Waals surface area (Å²) in [6.07, 6.45) is 2.04. The zero-order valence-corrected chi connectivity index (χ0v) is 12.0. The van der Waals surface area contributed by atoms with Crippen LogP contribution in [0, 0.1) is 17.3 Å². The Morgan fingerprint density at radius 2 is 2.06 bits per heavy atom. The van der Waals surface area contributed by atoms with Gasteiger partial charge >= 0.3 is 0 Å². The van der Waals surface area contributed by atoms with E-state index in [1.165, 1.54) is 12.8 Å². The van der Waals surface area contributed by atoms with Crippen LogP contribution in [-0.2, 0) is 9.53 Å². The average Bonchev–Trinajstić information content (AvgIpc) is 3.09. The largest absolute Gasteiger partial charge is 0.392 e. The monoisotopic (exact) mass is 257 g/mol. The molecule has 0 saturated heterocycles. The third-order valence-corrected chi connectivity index (χ3v) is 3.46. The van der Waals surface area contributed by atoms with E-state index in [1.807, 2.05) is 27.7 Å². The third-order valence-electron chi connectivity index (χ3n) is 3.46. The molecule has 106 valence electrons. The molecule has 1 atom stereocenters. The maximum absolute atomic E-state index is 11.6. The van der Waals surface area contributed by atoms with Crippen molar-refractivity contribution in [1.29, 1.82) is 0 Å². The molecule has 1 unspecified atom stereocenters. The van der Waals surface area contributed by atoms with Gasteiger partial charge in [0.2, 0.25) is 5.91 Å². The molecule has 4 nitrogen and oxygen atoms in total. The zero-order chi connectivity index (χ0) is 13.8. The van der Waals surface area contributed by atoms with E-state index in [0.29, 0.717) is 19.1 Å². The molecule has 0 aliphatic heterocycles. The second kappa shape index (κ2) is 6.53. The fourth-order valence-electron chi connectivity index (χ4n) is 1.99. The van der Waals surface area contributed by atoms with Crippen molar-refractivity contribution in [2.24, 2.45) is 17.3 Å². The highest BCUT2D eigenvalue weighted by Crippen LogP contribution is 2.28. The molecule has 1 rings (SSSR count). The van der Waals surface area contributed by atoms with Crippen LogP contribution in [-0.4, -0.2) is 36.9 Å². The Hall–Kier alpha value is -0.610. The molecule has 18 heavy (non-hydrogen) atoms. The Morgan fingerprint density at radius 3 is 2.56 bits per heavy atom. The topological polar surface area (TPSA) is 58.6 Å². The van der Waals surface area contributed by atoms with E-state index in [4.69, 9.17) is 4.74 Å². The van der Waals surface area contributed by atoms with Gasteiger partial charge in [-0.2, -0.15) is 0 Å². The number of hydrogen-bond acceptors (Lipinski definition) is 3. The smallest absolute Gasteiger partial charge is 0.246 e. The summed E-state index contributed by atoms with van der Waals surface area (Å²) in [6, 6.07) is 0. The number of nitrogens with one attached hydrogen (secondary N) is 1. The highest BCUT2D eigenvalue weighted by Gasteiger charge is 2.30. The first-order chi connectivity index (χ1) is 8.33. The highest BCUT2D eigenvalue weighted by molar-refractivity contribution is 5.77. The number of amides is 1. The summed E-state index contributed by atoms with van der Waals surface area (Å²) in [4.78, 5) is 11.6. The molecule has 4 heteroatoms. The lowest BCUT2D eigenvalue weighted by Gasteiger charge is -2.33. The van der Waals surface area contributed by atoms with Crippen LogP contribution >= 0.6 is 0 Å². The second-order valence-corrected chi connectivity index (χ2v) is 6.41. The Kier molecular flexibility index (Phi) is 5.60. The van der Waals surface area contributed by atoms with E-state index in [2.05, 4.69) is 5.32 Å². The first-order valence-corrected chi connectivity index (χ1v) is 6.85. The van der Waals surface area contributed by atoms with Crippen LogP contribution in [0.1, 0.15) is 40.5 Å². The van der Waals surface area contributed by atoms with Crippen LogP contribution in [0.15, 0.2) is 0 Å². The molecule has 0 heterocycles. The minimum atomic E-state index is -0.426. The van der Waals surface area contributed by atoms with Crippen molar-refractivity contribution >= 4 is 5.91 Å². The summed E-state index contributed by atoms with van der Waals surface area (Å²) in [5.74, 6) is 0.764. The van der Waals surface area contributed by atoms with Gasteiger partial charge in [-0.05, 0) is 24.7 Å². The maximum Gasteiger partial charge on any atom is 0.246 e. The van der Waals surface area contributed by atoms with Gasteiger partial charge in [-0.1, -0.05) is 27.7 Å². The van der Waals surface area contributed by atoms with Crippen molar-refractivity contribution in [3.05, 3.63) is 0 Å². The van der Waals surface area contributed by atoms with Gasteiger partial charge in [0.15, 0.2) is 0 Å². The van der Waals surface area contributed by atoms with Crippen molar-refractivity contribution < 1.29 is 14.6 Å². The van der Waals surface area contributed by atoms with Crippen molar-refractivity contribution in [3.8, 4) is 0 Å². The number of hydrogen-bond donors (Lipinski definition) is 2. The molecule has 1 amide bonds. The molecule has 1 aliphatic rings. The third kappa shape index (κ3) is 5.36. The Balaban J connectivity index is 2.18. The first kappa shape index (κ1) is 15.4. The normalized spacial score (nSPS) is 17.9. The maximum atomic E-state index is 11.6. The van der Waals surface area contributed by atoms with E-state index in [1.54, 1.807) is 0 Å². The van der Waals surface area contributed by atoms with Crippen molar-refractivity contribution in [1.82, 2.24) is 5.32 Å². The summed E-state index contributed by atoms with van der Waals surface area (Å²) >= 11 is 0. The minimum Gasteiger partial charge on any atom is -0.392 e. The standard InChI is InChI=1S/C14H27NO3/c1-10(2)13(17)14(3,4)9-15-12(16)8-18-7-11-5-6-11/h10-11,13,17H,5-9H2,1-4H3,(H,15,16). The molecular weight excluding hydrogens is 230 g/mol. The van der Waals surface area contributed by atoms with Gasteiger partial charge in [0.05, 0.1) is 12.7 Å². The number of aliphatic hydroxyl groups excluding tert-OH is 1. The summed E-state index contributed by atoms with van der Waals surface area (Å²) in [5.41, 5.74) is -0.319. The van der Waals surface area contributed by atoms with Gasteiger partial charge in [0.1, 0.15) is 6.61 Å². The number of carbonyl (C=O) groups excluding carboxylic acids is 1. The van der Waals surface area contributed by atoms with Crippen LogP contribution in [0.3, 0.4) is 0 Å². The Labute approximate surface area is 110 Å². The average molecular weight is 257 g/mol. The molecule has 0 radical (unpaired) electrons. The molecule has 1 saturated carbocycles. The first-order valence-electron chi connectivity index (χ1n) is 6.85. The quantitative estimate of drug-likeness (QED) is 0.694. The minimum absolute atomic E-state index is 0.0975. The second-order valence-electron chi connectivity index (χ2n) is 6.41. The fourth-order valence-corrected chi connectivity index (χ4v) is 1.99. The van der Waals surface area contributed by atoms with Gasteiger partial charge < -0.3 is 15.2 Å². The predicted molar refractivity (Wildman–Crippen MR) is 71.2 cm³/mol. The van der Waals surface area contributed by atoms with Gasteiger partial charge in [0.25, 0.3) is 0 Å². The Bertz CT molecular complexity index is 272. The van der Waals surface area contributed by atoms with E-state index in [0.717, 1.165) is 0 Å². The summed E-state index contributed by atoms with van der Waals surface area (Å²) in [6.45, 7) is 9.18. The van der Waals surface area contributed by atoms with Crippen molar-refractivity contribution in [2.75, 3.05) is 19.8 Å². The van der Waals surface area contributed by atoms with Crippen LogP contribution in [0.4, 0.5) is 0 Å². The van der Waals surface area contributed by atoms with E-state index in [9.17, 15) is 9.90 Å². The lowest BCUT2D eigenvalue weighted by atomic mass is 9.81.